The number of pyridine rings is 1. The van der Waals surface area contributed by atoms with Crippen LogP contribution in [0.2, 0.25) is 0 Å². The van der Waals surface area contributed by atoms with E-state index in [-0.39, 0.29) is 12.4 Å². The van der Waals surface area contributed by atoms with Crippen LogP contribution in [-0.4, -0.2) is 34.5 Å². The van der Waals surface area contributed by atoms with Gasteiger partial charge in [0.25, 0.3) is 0 Å². The molecule has 1 saturated heterocycles. The molecular formula is C16H23ClN4S. The normalized spacial score (nSPS) is 19.1. The lowest BCUT2D eigenvalue weighted by atomic mass is 10.1. The standard InChI is InChI=1S/C16H22N4S.ClH/c1-12(2)15-10-19-16(21-15)11-20-7-6-18-9-14(20)13-4-3-5-17-8-13;/h3-5,8,10,12,14,18H,6-7,9,11H2,1-2H3;1H. The van der Waals surface area contributed by atoms with Crippen LogP contribution in [0.5, 0.6) is 0 Å². The second-order valence-corrected chi connectivity index (χ2v) is 6.93. The highest BCUT2D eigenvalue weighted by Crippen LogP contribution is 2.27. The van der Waals surface area contributed by atoms with Crippen LogP contribution in [0, 0.1) is 0 Å². The van der Waals surface area contributed by atoms with E-state index in [1.165, 1.54) is 15.4 Å². The van der Waals surface area contributed by atoms with Crippen molar-refractivity contribution in [2.24, 2.45) is 0 Å². The van der Waals surface area contributed by atoms with Crippen LogP contribution in [0.25, 0.3) is 0 Å². The quantitative estimate of drug-likeness (QED) is 0.929. The van der Waals surface area contributed by atoms with Gasteiger partial charge in [-0.05, 0) is 17.5 Å². The first-order chi connectivity index (χ1) is 10.2. The number of rotatable bonds is 4. The van der Waals surface area contributed by atoms with E-state index in [9.17, 15) is 0 Å². The number of piperazine rings is 1. The molecule has 0 amide bonds. The Bertz CT molecular complexity index is 573. The second-order valence-electron chi connectivity index (χ2n) is 5.79. The molecule has 22 heavy (non-hydrogen) atoms. The summed E-state index contributed by atoms with van der Waals surface area (Å²) >= 11 is 1.84. The number of hydrogen-bond donors (Lipinski definition) is 1. The number of nitrogens with zero attached hydrogens (tertiary/aromatic N) is 3. The molecule has 0 radical (unpaired) electrons. The molecule has 0 aromatic carbocycles. The Morgan fingerprint density at radius 1 is 1.41 bits per heavy atom. The Hall–Kier alpha value is -1.01. The summed E-state index contributed by atoms with van der Waals surface area (Å²) in [4.78, 5) is 12.7. The molecule has 1 fully saturated rings. The molecule has 2 aromatic rings. The second kappa shape index (κ2) is 8.02. The zero-order chi connectivity index (χ0) is 14.7. The fourth-order valence-electron chi connectivity index (χ4n) is 2.68. The SMILES string of the molecule is CC(C)c1cnc(CN2CCNCC2c2cccnc2)s1.Cl. The van der Waals surface area contributed by atoms with Crippen molar-refractivity contribution in [2.75, 3.05) is 19.6 Å². The van der Waals surface area contributed by atoms with Crippen LogP contribution in [0.4, 0.5) is 0 Å². The van der Waals surface area contributed by atoms with Gasteiger partial charge in [0.05, 0.1) is 6.54 Å². The van der Waals surface area contributed by atoms with Gasteiger partial charge < -0.3 is 5.32 Å². The highest BCUT2D eigenvalue weighted by molar-refractivity contribution is 7.11. The first kappa shape index (κ1) is 17.3. The molecule has 0 saturated carbocycles. The molecule has 1 atom stereocenters. The summed E-state index contributed by atoms with van der Waals surface area (Å²) in [6, 6.07) is 4.57. The van der Waals surface area contributed by atoms with Crippen molar-refractivity contribution >= 4 is 23.7 Å². The van der Waals surface area contributed by atoms with Gasteiger partial charge in [-0.1, -0.05) is 19.9 Å². The van der Waals surface area contributed by atoms with E-state index >= 15 is 0 Å². The topological polar surface area (TPSA) is 41.1 Å². The third-order valence-corrected chi connectivity index (χ3v) is 5.18. The molecule has 1 aliphatic rings. The first-order valence-corrected chi connectivity index (χ1v) is 8.35. The van der Waals surface area contributed by atoms with Crippen molar-refractivity contribution in [3.05, 3.63) is 46.2 Å². The maximum Gasteiger partial charge on any atom is 0.107 e. The van der Waals surface area contributed by atoms with E-state index in [1.54, 1.807) is 0 Å². The molecular weight excluding hydrogens is 316 g/mol. The van der Waals surface area contributed by atoms with Gasteiger partial charge in [0.1, 0.15) is 5.01 Å². The van der Waals surface area contributed by atoms with Gasteiger partial charge in [-0.15, -0.1) is 23.7 Å². The molecule has 1 aliphatic heterocycles. The number of nitrogens with one attached hydrogen (secondary N) is 1. The summed E-state index contributed by atoms with van der Waals surface area (Å²) in [6.07, 6.45) is 5.85. The van der Waals surface area contributed by atoms with E-state index in [4.69, 9.17) is 0 Å². The van der Waals surface area contributed by atoms with E-state index in [1.807, 2.05) is 36.0 Å². The average Bonchev–Trinajstić information content (AvgIpc) is 2.98. The van der Waals surface area contributed by atoms with Gasteiger partial charge >= 0.3 is 0 Å². The molecule has 1 unspecified atom stereocenters. The van der Waals surface area contributed by atoms with Crippen molar-refractivity contribution in [1.82, 2.24) is 20.2 Å². The largest absolute Gasteiger partial charge is 0.314 e. The van der Waals surface area contributed by atoms with E-state index < -0.39 is 0 Å². The van der Waals surface area contributed by atoms with Crippen molar-refractivity contribution in [2.45, 2.75) is 32.4 Å². The minimum absolute atomic E-state index is 0. The van der Waals surface area contributed by atoms with Crippen LogP contribution in [0.1, 0.15) is 41.3 Å². The number of hydrogen-bond acceptors (Lipinski definition) is 5. The maximum atomic E-state index is 4.60. The monoisotopic (exact) mass is 338 g/mol. The fourth-order valence-corrected chi connectivity index (χ4v) is 3.62. The van der Waals surface area contributed by atoms with E-state index in [2.05, 4.69) is 40.1 Å². The predicted molar refractivity (Wildman–Crippen MR) is 93.7 cm³/mol. The Morgan fingerprint density at radius 2 is 2.27 bits per heavy atom. The Balaban J connectivity index is 0.00000176. The van der Waals surface area contributed by atoms with Crippen molar-refractivity contribution < 1.29 is 0 Å². The predicted octanol–water partition coefficient (Wildman–Crippen LogP) is 3.23. The molecule has 120 valence electrons. The van der Waals surface area contributed by atoms with Crippen LogP contribution < -0.4 is 5.32 Å². The summed E-state index contributed by atoms with van der Waals surface area (Å²) in [7, 11) is 0. The average molecular weight is 339 g/mol. The smallest absolute Gasteiger partial charge is 0.107 e. The summed E-state index contributed by atoms with van der Waals surface area (Å²) in [5.74, 6) is 0.563. The third-order valence-electron chi connectivity index (χ3n) is 3.90. The fraction of sp³-hybridized carbons (Fsp3) is 0.500. The lowest BCUT2D eigenvalue weighted by Gasteiger charge is -2.35. The van der Waals surface area contributed by atoms with Gasteiger partial charge in [0.15, 0.2) is 0 Å². The molecule has 1 N–H and O–H groups in total. The molecule has 6 heteroatoms. The number of halogens is 1. The van der Waals surface area contributed by atoms with Crippen LogP contribution >= 0.6 is 23.7 Å². The maximum absolute atomic E-state index is 4.60. The molecule has 0 spiro atoms. The zero-order valence-electron chi connectivity index (χ0n) is 13.0. The van der Waals surface area contributed by atoms with Gasteiger partial charge in [0.2, 0.25) is 0 Å². The third kappa shape index (κ3) is 4.04. The number of aromatic nitrogens is 2. The van der Waals surface area contributed by atoms with Crippen LogP contribution in [0.3, 0.4) is 0 Å². The van der Waals surface area contributed by atoms with Gasteiger partial charge in [-0.3, -0.25) is 9.88 Å². The van der Waals surface area contributed by atoms with Crippen molar-refractivity contribution in [3.63, 3.8) is 0 Å². The lowest BCUT2D eigenvalue weighted by Crippen LogP contribution is -2.45. The molecule has 0 bridgehead atoms. The minimum atomic E-state index is 0. The lowest BCUT2D eigenvalue weighted by molar-refractivity contribution is 0.153. The van der Waals surface area contributed by atoms with Crippen LogP contribution in [0.15, 0.2) is 30.7 Å². The Labute approximate surface area is 142 Å². The van der Waals surface area contributed by atoms with E-state index in [0.29, 0.717) is 12.0 Å². The van der Waals surface area contributed by atoms with Crippen molar-refractivity contribution in [1.29, 1.82) is 0 Å². The summed E-state index contributed by atoms with van der Waals surface area (Å²) in [5.41, 5.74) is 1.28. The highest BCUT2D eigenvalue weighted by atomic mass is 35.5. The summed E-state index contributed by atoms with van der Waals surface area (Å²) in [6.45, 7) is 8.45. The molecule has 3 heterocycles. The molecule has 0 aliphatic carbocycles. The molecule has 3 rings (SSSR count). The summed E-state index contributed by atoms with van der Waals surface area (Å²) < 4.78 is 0. The summed E-state index contributed by atoms with van der Waals surface area (Å²) in [5, 5.41) is 4.70. The first-order valence-electron chi connectivity index (χ1n) is 7.53. The van der Waals surface area contributed by atoms with Crippen molar-refractivity contribution in [3.8, 4) is 0 Å². The Morgan fingerprint density at radius 3 is 2.95 bits per heavy atom. The number of thiazole rings is 1. The molecule has 2 aromatic heterocycles. The van der Waals surface area contributed by atoms with Gasteiger partial charge in [-0.2, -0.15) is 0 Å². The zero-order valence-corrected chi connectivity index (χ0v) is 14.7. The van der Waals surface area contributed by atoms with Gasteiger partial charge in [0, 0.05) is 49.1 Å². The van der Waals surface area contributed by atoms with Gasteiger partial charge in [-0.25, -0.2) is 4.98 Å². The van der Waals surface area contributed by atoms with Crippen LogP contribution in [-0.2, 0) is 6.54 Å². The van der Waals surface area contributed by atoms with E-state index in [0.717, 1.165) is 26.2 Å². The minimum Gasteiger partial charge on any atom is -0.314 e. The Kier molecular flexibility index (Phi) is 6.32. The highest BCUT2D eigenvalue weighted by Gasteiger charge is 2.24. The molecule has 4 nitrogen and oxygen atoms in total.